The van der Waals surface area contributed by atoms with Crippen LogP contribution in [0.25, 0.3) is 11.0 Å². The summed E-state index contributed by atoms with van der Waals surface area (Å²) in [5.74, 6) is 0. The van der Waals surface area contributed by atoms with E-state index in [1.165, 1.54) is 0 Å². The molecule has 2 aromatic rings. The number of aromatic nitrogens is 3. The smallest absolute Gasteiger partial charge is 0.302 e. The van der Waals surface area contributed by atoms with Gasteiger partial charge in [0.1, 0.15) is 0 Å². The maximum atomic E-state index is 4.10. The third-order valence-corrected chi connectivity index (χ3v) is 1.66. The number of hydrogen-bond acceptors (Lipinski definition) is 2. The van der Waals surface area contributed by atoms with E-state index in [-0.39, 0.29) is 58.2 Å². The Labute approximate surface area is 120 Å². The van der Waals surface area contributed by atoms with E-state index in [2.05, 4.69) is 22.1 Å². The van der Waals surface area contributed by atoms with Crippen molar-refractivity contribution in [3.63, 3.8) is 0 Å². The third kappa shape index (κ3) is 1.79. The maximum Gasteiger partial charge on any atom is 1.00 e. The summed E-state index contributed by atoms with van der Waals surface area (Å²) in [6.07, 6.45) is 1.71. The van der Waals surface area contributed by atoms with E-state index < -0.39 is 0 Å². The van der Waals surface area contributed by atoms with Crippen LogP contribution in [0.15, 0.2) is 12.3 Å². The van der Waals surface area contributed by atoms with Gasteiger partial charge in [-0.25, -0.2) is 0 Å². The molecule has 0 fully saturated rings. The van der Waals surface area contributed by atoms with E-state index in [9.17, 15) is 0 Å². The Morgan fingerprint density at radius 1 is 1.50 bits per heavy atom. The number of aryl methyl sites for hydroxylation is 1. The maximum absolute atomic E-state index is 4.10. The monoisotopic (exact) mass is 231 g/mol. The molecular weight excluding hydrogens is 224 g/mol. The Bertz CT molecular complexity index is 394. The molecule has 0 aromatic carbocycles. The zero-order valence-electron chi connectivity index (χ0n) is 7.26. The second-order valence-corrected chi connectivity index (χ2v) is 2.56. The van der Waals surface area contributed by atoms with Crippen LogP contribution >= 0.6 is 0 Å². The molecule has 56 valence electrons. The van der Waals surface area contributed by atoms with Gasteiger partial charge in [0, 0.05) is 5.69 Å². The second kappa shape index (κ2) is 4.00. The molecule has 0 saturated carbocycles. The summed E-state index contributed by atoms with van der Waals surface area (Å²) < 4.78 is 0. The fourth-order valence-corrected chi connectivity index (χ4v) is 1.06. The van der Waals surface area contributed by atoms with E-state index in [4.69, 9.17) is 0 Å². The number of fused-ring (bicyclic) bond motifs is 1. The molecule has 0 unspecified atom stereocenters. The van der Waals surface area contributed by atoms with Crippen molar-refractivity contribution in [1.29, 1.82) is 0 Å². The molecule has 0 aliphatic carbocycles. The molecule has 0 aliphatic rings. The average molecular weight is 232 g/mol. The Morgan fingerprint density at radius 2 is 2.25 bits per heavy atom. The van der Waals surface area contributed by atoms with Crippen LogP contribution in [0.5, 0.6) is 0 Å². The fraction of sp³-hybridized carbons (Fsp3) is 0.125. The topological polar surface area (TPSA) is 41.6 Å². The average Bonchev–Trinajstić information content (AvgIpc) is 2.33. The van der Waals surface area contributed by atoms with Crippen molar-refractivity contribution in [2.75, 3.05) is 0 Å². The van der Waals surface area contributed by atoms with Gasteiger partial charge in [-0.15, -0.1) is 6.07 Å². The van der Waals surface area contributed by atoms with Gasteiger partial charge in [-0.3, -0.25) is 5.10 Å². The van der Waals surface area contributed by atoms with Crippen LogP contribution < -0.4 is 58.2 Å². The van der Waals surface area contributed by atoms with E-state index in [0.29, 0.717) is 0 Å². The van der Waals surface area contributed by atoms with Crippen LogP contribution in [-0.4, -0.2) is 15.2 Å². The summed E-state index contributed by atoms with van der Waals surface area (Å²) in [5, 5.41) is 7.91. The fourth-order valence-electron chi connectivity index (χ4n) is 1.06. The van der Waals surface area contributed by atoms with Gasteiger partial charge in [0.25, 0.3) is 0 Å². The van der Waals surface area contributed by atoms with E-state index >= 15 is 0 Å². The van der Waals surface area contributed by atoms with Crippen molar-refractivity contribution < 1.29 is 58.2 Å². The van der Waals surface area contributed by atoms with Crippen molar-refractivity contribution >= 4 is 11.0 Å². The number of nitrogens with zero attached hydrogens (tertiary/aromatic N) is 2. The van der Waals surface area contributed by atoms with Gasteiger partial charge in [-0.2, -0.15) is 17.6 Å². The molecule has 2 aromatic heterocycles. The number of pyridine rings is 1. The summed E-state index contributed by atoms with van der Waals surface area (Å²) in [4.78, 5) is 4.10. The molecule has 1 N–H and O–H groups in total. The minimum absolute atomic E-state index is 0. The predicted octanol–water partition coefficient (Wildman–Crippen LogP) is -1.55. The Hall–Kier alpha value is 0.295. The van der Waals surface area contributed by atoms with Gasteiger partial charge >= 0.3 is 58.2 Å². The standard InChI is InChI=1S/C8H8N3.Rb/c1-5-3-7-6(2)10-11-8(7)9-4-5;/h3-4H,1H2,2H3,(H,9,10,11);/q-1;+1. The first-order valence-electron chi connectivity index (χ1n) is 3.40. The van der Waals surface area contributed by atoms with Gasteiger partial charge in [0.05, 0.1) is 0 Å². The van der Waals surface area contributed by atoms with Gasteiger partial charge < -0.3 is 4.98 Å². The second-order valence-electron chi connectivity index (χ2n) is 2.56. The zero-order valence-corrected chi connectivity index (χ0v) is 12.2. The number of rotatable bonds is 0. The van der Waals surface area contributed by atoms with E-state index in [0.717, 1.165) is 22.3 Å². The van der Waals surface area contributed by atoms with Crippen LogP contribution in [0.3, 0.4) is 0 Å². The summed E-state index contributed by atoms with van der Waals surface area (Å²) in [6.45, 7) is 5.76. The van der Waals surface area contributed by atoms with Crippen LogP contribution in [-0.2, 0) is 0 Å². The van der Waals surface area contributed by atoms with Gasteiger partial charge in [0.2, 0.25) is 0 Å². The Morgan fingerprint density at radius 3 is 3.00 bits per heavy atom. The van der Waals surface area contributed by atoms with Crippen molar-refractivity contribution in [3.05, 3.63) is 30.4 Å². The summed E-state index contributed by atoms with van der Waals surface area (Å²) >= 11 is 0. The quantitative estimate of drug-likeness (QED) is 0.558. The summed E-state index contributed by atoms with van der Waals surface area (Å²) in [7, 11) is 0. The minimum atomic E-state index is 0. The molecule has 12 heavy (non-hydrogen) atoms. The molecule has 3 nitrogen and oxygen atoms in total. The molecule has 0 bridgehead atoms. The number of H-pyrrole nitrogens is 1. The molecule has 2 rings (SSSR count). The molecule has 0 radical (unpaired) electrons. The summed E-state index contributed by atoms with van der Waals surface area (Å²) in [6, 6.07) is 1.97. The Kier molecular flexibility index (Phi) is 3.46. The largest absolute Gasteiger partial charge is 1.00 e. The van der Waals surface area contributed by atoms with Gasteiger partial charge in [-0.05, 0) is 12.3 Å². The van der Waals surface area contributed by atoms with E-state index in [1.807, 2.05) is 13.0 Å². The SMILES string of the molecule is [CH2-]c1cnc2n[nH]c(C)c2c1.[Rb+]. The van der Waals surface area contributed by atoms with Gasteiger partial charge in [-0.1, -0.05) is 6.20 Å². The number of aromatic amines is 1. The van der Waals surface area contributed by atoms with Crippen LogP contribution in [0, 0.1) is 13.8 Å². The van der Waals surface area contributed by atoms with Crippen molar-refractivity contribution in [2.24, 2.45) is 0 Å². The minimum Gasteiger partial charge on any atom is -0.302 e. The number of nitrogens with one attached hydrogen (secondary N) is 1. The van der Waals surface area contributed by atoms with Crippen LogP contribution in [0.2, 0.25) is 0 Å². The first-order chi connectivity index (χ1) is 5.27. The molecule has 0 amide bonds. The van der Waals surface area contributed by atoms with Crippen LogP contribution in [0.4, 0.5) is 0 Å². The van der Waals surface area contributed by atoms with Gasteiger partial charge in [0.15, 0.2) is 5.65 Å². The molecule has 0 spiro atoms. The van der Waals surface area contributed by atoms with Crippen molar-refractivity contribution in [3.8, 4) is 0 Å². The molecule has 0 saturated heterocycles. The van der Waals surface area contributed by atoms with Crippen molar-refractivity contribution in [2.45, 2.75) is 6.92 Å². The zero-order chi connectivity index (χ0) is 7.84. The number of hydrogen-bond donors (Lipinski definition) is 1. The normalized spacial score (nSPS) is 9.75. The first-order valence-corrected chi connectivity index (χ1v) is 3.40. The van der Waals surface area contributed by atoms with Crippen molar-refractivity contribution in [1.82, 2.24) is 15.2 Å². The molecule has 0 aliphatic heterocycles. The molecule has 4 heteroatoms. The third-order valence-electron chi connectivity index (χ3n) is 1.66. The molecular formula is C8H8N3Rb. The first kappa shape index (κ1) is 10.4. The summed E-state index contributed by atoms with van der Waals surface area (Å²) in [5.41, 5.74) is 2.72. The predicted molar refractivity (Wildman–Crippen MR) is 43.1 cm³/mol. The van der Waals surface area contributed by atoms with E-state index in [1.54, 1.807) is 6.20 Å². The molecule has 2 heterocycles. The Balaban J connectivity index is 0.000000720. The molecule has 0 atom stereocenters. The van der Waals surface area contributed by atoms with Crippen LogP contribution in [0.1, 0.15) is 11.3 Å².